The van der Waals surface area contributed by atoms with E-state index in [4.69, 9.17) is 0 Å². The third-order valence-electron chi connectivity index (χ3n) is 4.51. The number of thiophene rings is 1. The molecule has 0 aliphatic heterocycles. The molecule has 1 aromatic heterocycles. The van der Waals surface area contributed by atoms with Crippen molar-refractivity contribution in [1.29, 1.82) is 0 Å². The Hall–Kier alpha value is -0.550. The molecule has 0 amide bonds. The summed E-state index contributed by atoms with van der Waals surface area (Å²) in [5.74, 6) is 1.08. The number of fused-ring (bicyclic) bond motifs is 2. The van der Waals surface area contributed by atoms with Gasteiger partial charge in [-0.15, -0.1) is 0 Å². The lowest BCUT2D eigenvalue weighted by Crippen LogP contribution is -2.21. The van der Waals surface area contributed by atoms with Crippen LogP contribution in [0.5, 0.6) is 0 Å². The second kappa shape index (κ2) is 4.23. The summed E-state index contributed by atoms with van der Waals surface area (Å²) < 4.78 is 38.4. The van der Waals surface area contributed by atoms with Crippen molar-refractivity contribution in [3.05, 3.63) is 21.9 Å². The van der Waals surface area contributed by atoms with Gasteiger partial charge in [-0.3, -0.25) is 0 Å². The van der Waals surface area contributed by atoms with Gasteiger partial charge in [0.15, 0.2) is 0 Å². The molecule has 1 aromatic rings. The molecule has 2 aliphatic rings. The second-order valence-electron chi connectivity index (χ2n) is 5.52. The normalized spacial score (nSPS) is 33.0. The Morgan fingerprint density at radius 2 is 2.00 bits per heavy atom. The van der Waals surface area contributed by atoms with Crippen LogP contribution in [-0.4, -0.2) is 5.11 Å². The summed E-state index contributed by atoms with van der Waals surface area (Å²) in [4.78, 5) is 0. The van der Waals surface area contributed by atoms with E-state index in [0.29, 0.717) is 11.8 Å². The van der Waals surface area contributed by atoms with Crippen molar-refractivity contribution in [2.24, 2.45) is 17.8 Å². The van der Waals surface area contributed by atoms with Gasteiger partial charge in [0.25, 0.3) is 0 Å². The fourth-order valence-corrected chi connectivity index (χ4v) is 4.56. The minimum Gasteiger partial charge on any atom is -0.388 e. The van der Waals surface area contributed by atoms with Crippen LogP contribution in [0.1, 0.15) is 42.9 Å². The number of aliphatic hydroxyl groups is 1. The molecule has 1 heterocycles. The summed E-state index contributed by atoms with van der Waals surface area (Å²) in [7, 11) is 0. The first-order valence-corrected chi connectivity index (χ1v) is 7.22. The Labute approximate surface area is 108 Å². The molecule has 2 aliphatic carbocycles. The Kier molecular flexibility index (Phi) is 2.94. The maximum absolute atomic E-state index is 12.8. The zero-order valence-corrected chi connectivity index (χ0v) is 10.6. The third kappa shape index (κ3) is 1.97. The molecule has 2 bridgehead atoms. The van der Waals surface area contributed by atoms with Crippen molar-refractivity contribution in [3.63, 3.8) is 0 Å². The fraction of sp³-hybridized carbons (Fsp3) is 0.692. The van der Waals surface area contributed by atoms with Crippen molar-refractivity contribution in [2.75, 3.05) is 0 Å². The molecule has 0 saturated heterocycles. The van der Waals surface area contributed by atoms with Gasteiger partial charge in [-0.25, -0.2) is 0 Å². The van der Waals surface area contributed by atoms with E-state index in [-0.39, 0.29) is 11.5 Å². The molecule has 2 saturated carbocycles. The van der Waals surface area contributed by atoms with E-state index in [9.17, 15) is 18.3 Å². The molecular weight excluding hydrogens is 261 g/mol. The van der Waals surface area contributed by atoms with Crippen molar-refractivity contribution < 1.29 is 18.3 Å². The smallest absolute Gasteiger partial charge is 0.388 e. The predicted octanol–water partition coefficient (Wildman–Crippen LogP) is 4.24. The van der Waals surface area contributed by atoms with E-state index in [0.717, 1.165) is 36.0 Å². The Balaban J connectivity index is 1.85. The van der Waals surface area contributed by atoms with Gasteiger partial charge < -0.3 is 5.11 Å². The quantitative estimate of drug-likeness (QED) is 0.856. The SMILES string of the molecule is OC(c1cscc1C(F)(F)F)C1CC2CCC1C2. The topological polar surface area (TPSA) is 20.2 Å². The molecule has 2 fully saturated rings. The number of hydrogen-bond donors (Lipinski definition) is 1. The maximum Gasteiger partial charge on any atom is 0.417 e. The maximum atomic E-state index is 12.8. The van der Waals surface area contributed by atoms with Crippen LogP contribution < -0.4 is 0 Å². The lowest BCUT2D eigenvalue weighted by Gasteiger charge is -2.27. The Bertz CT molecular complexity index is 440. The van der Waals surface area contributed by atoms with Crippen LogP contribution in [0.4, 0.5) is 13.2 Å². The molecule has 3 rings (SSSR count). The molecule has 0 radical (unpaired) electrons. The number of alkyl halides is 3. The summed E-state index contributed by atoms with van der Waals surface area (Å²) in [6.45, 7) is 0. The second-order valence-corrected chi connectivity index (χ2v) is 6.27. The molecule has 1 nitrogen and oxygen atoms in total. The highest BCUT2D eigenvalue weighted by Gasteiger charge is 2.45. The largest absolute Gasteiger partial charge is 0.417 e. The average Bonchev–Trinajstić information content (AvgIpc) is 3.01. The summed E-state index contributed by atoms with van der Waals surface area (Å²) >= 11 is 1.02. The first-order valence-electron chi connectivity index (χ1n) is 6.28. The van der Waals surface area contributed by atoms with E-state index in [1.807, 2.05) is 0 Å². The molecule has 0 spiro atoms. The van der Waals surface area contributed by atoms with Gasteiger partial charge in [-0.2, -0.15) is 24.5 Å². The highest BCUT2D eigenvalue weighted by atomic mass is 32.1. The van der Waals surface area contributed by atoms with Gasteiger partial charge in [0.05, 0.1) is 11.7 Å². The Morgan fingerprint density at radius 1 is 1.22 bits per heavy atom. The first-order chi connectivity index (χ1) is 8.47. The van der Waals surface area contributed by atoms with Crippen molar-refractivity contribution in [3.8, 4) is 0 Å². The van der Waals surface area contributed by atoms with E-state index in [1.165, 1.54) is 11.8 Å². The van der Waals surface area contributed by atoms with Gasteiger partial charge >= 0.3 is 6.18 Å². The van der Waals surface area contributed by atoms with E-state index < -0.39 is 17.8 Å². The fourth-order valence-electron chi connectivity index (χ4n) is 3.68. The molecule has 5 heteroatoms. The van der Waals surface area contributed by atoms with Crippen LogP contribution in [-0.2, 0) is 6.18 Å². The van der Waals surface area contributed by atoms with Crippen molar-refractivity contribution >= 4 is 11.3 Å². The van der Waals surface area contributed by atoms with Crippen LogP contribution in [0.15, 0.2) is 10.8 Å². The van der Waals surface area contributed by atoms with Gasteiger partial charge in [0.2, 0.25) is 0 Å². The standard InChI is InChI=1S/C13H15F3OS/c14-13(15,16)11-6-18-5-10(11)12(17)9-4-7-1-2-8(9)3-7/h5-9,12,17H,1-4H2. The molecular formula is C13H15F3OS. The zero-order chi connectivity index (χ0) is 12.9. The third-order valence-corrected chi connectivity index (χ3v) is 5.28. The minimum atomic E-state index is -4.35. The zero-order valence-electron chi connectivity index (χ0n) is 9.78. The van der Waals surface area contributed by atoms with E-state index in [1.54, 1.807) is 0 Å². The number of aliphatic hydroxyl groups excluding tert-OH is 1. The molecule has 100 valence electrons. The highest BCUT2D eigenvalue weighted by molar-refractivity contribution is 7.08. The Morgan fingerprint density at radius 3 is 2.56 bits per heavy atom. The van der Waals surface area contributed by atoms with Crippen LogP contribution >= 0.6 is 11.3 Å². The van der Waals surface area contributed by atoms with Crippen LogP contribution in [0.2, 0.25) is 0 Å². The van der Waals surface area contributed by atoms with Crippen molar-refractivity contribution in [1.82, 2.24) is 0 Å². The lowest BCUT2D eigenvalue weighted by molar-refractivity contribution is -0.139. The summed E-state index contributed by atoms with van der Waals surface area (Å²) in [6, 6.07) is 0. The summed E-state index contributed by atoms with van der Waals surface area (Å²) in [5, 5.41) is 12.8. The summed E-state index contributed by atoms with van der Waals surface area (Å²) in [6.07, 6.45) is -1.06. The number of rotatable bonds is 2. The molecule has 18 heavy (non-hydrogen) atoms. The monoisotopic (exact) mass is 276 g/mol. The molecule has 4 atom stereocenters. The van der Waals surface area contributed by atoms with Gasteiger partial charge in [0, 0.05) is 10.9 Å². The lowest BCUT2D eigenvalue weighted by atomic mass is 9.82. The first kappa shape index (κ1) is 12.5. The van der Waals surface area contributed by atoms with Crippen LogP contribution in [0, 0.1) is 17.8 Å². The molecule has 0 aromatic carbocycles. The van der Waals surface area contributed by atoms with E-state index >= 15 is 0 Å². The highest BCUT2D eigenvalue weighted by Crippen LogP contribution is 2.53. The van der Waals surface area contributed by atoms with Crippen molar-refractivity contribution in [2.45, 2.75) is 38.0 Å². The minimum absolute atomic E-state index is 0.0273. The van der Waals surface area contributed by atoms with E-state index in [2.05, 4.69) is 0 Å². The average molecular weight is 276 g/mol. The number of hydrogen-bond acceptors (Lipinski definition) is 2. The predicted molar refractivity (Wildman–Crippen MR) is 63.2 cm³/mol. The summed E-state index contributed by atoms with van der Waals surface area (Å²) in [5.41, 5.74) is -0.562. The molecule has 4 unspecified atom stereocenters. The van der Waals surface area contributed by atoms with Crippen LogP contribution in [0.25, 0.3) is 0 Å². The number of halogens is 3. The van der Waals surface area contributed by atoms with Gasteiger partial charge in [-0.1, -0.05) is 6.42 Å². The van der Waals surface area contributed by atoms with Crippen LogP contribution in [0.3, 0.4) is 0 Å². The molecule has 1 N–H and O–H groups in total. The van der Waals surface area contributed by atoms with Gasteiger partial charge in [-0.05, 0) is 42.4 Å². The van der Waals surface area contributed by atoms with Gasteiger partial charge in [0.1, 0.15) is 0 Å².